The quantitative estimate of drug-likeness (QED) is 0.417. The Balaban J connectivity index is 1.48. The van der Waals surface area contributed by atoms with E-state index in [1.54, 1.807) is 32.0 Å². The fraction of sp³-hybridized carbons (Fsp3) is 0.261. The first-order chi connectivity index (χ1) is 15.2. The van der Waals surface area contributed by atoms with Gasteiger partial charge in [0.1, 0.15) is 5.82 Å². The first-order valence-electron chi connectivity index (χ1n) is 10.1. The molecule has 0 fully saturated rings. The van der Waals surface area contributed by atoms with E-state index < -0.39 is 34.2 Å². The van der Waals surface area contributed by atoms with Crippen LogP contribution >= 0.6 is 0 Å². The zero-order chi connectivity index (χ0) is 23.0. The lowest BCUT2D eigenvalue weighted by Gasteiger charge is -2.18. The Bertz CT molecular complexity index is 1350. The Kier molecular flexibility index (Phi) is 5.68. The molecule has 2 aromatic carbocycles. The molecule has 7 nitrogen and oxygen atoms in total. The van der Waals surface area contributed by atoms with E-state index in [1.807, 2.05) is 0 Å². The number of ether oxygens (including phenoxy) is 1. The molecule has 9 heteroatoms. The number of halogens is 1. The minimum absolute atomic E-state index is 0.00105. The summed E-state index contributed by atoms with van der Waals surface area (Å²) in [5, 5.41) is 0.584. The first-order valence-corrected chi connectivity index (χ1v) is 11.7. The monoisotopic (exact) mass is 456 g/mol. The molecule has 0 spiro atoms. The Morgan fingerprint density at radius 2 is 1.94 bits per heavy atom. The summed E-state index contributed by atoms with van der Waals surface area (Å²) in [5.74, 6) is -1.52. The average molecular weight is 456 g/mol. The van der Waals surface area contributed by atoms with Gasteiger partial charge in [-0.1, -0.05) is 0 Å². The Morgan fingerprint density at radius 1 is 1.16 bits per heavy atom. The summed E-state index contributed by atoms with van der Waals surface area (Å²) in [6.07, 6.45) is 0.512. The number of sulfonamides is 1. The van der Waals surface area contributed by atoms with Crippen LogP contribution < -0.4 is 4.31 Å². The van der Waals surface area contributed by atoms with Crippen molar-refractivity contribution < 1.29 is 27.1 Å². The number of hydrogen-bond donors (Lipinski definition) is 0. The highest BCUT2D eigenvalue weighted by atomic mass is 32.2. The standard InChI is InChI=1S/C23H21FN2O5S/c1-3-32(29,30)26-9-8-16-10-17(5-7-21(16)26)22(27)13-31-23(28)19-11-15-4-6-18(24)12-20(15)25-14(19)2/h4-7,10-12H,3,8-9,13H2,1-2H3. The fourth-order valence-corrected chi connectivity index (χ4v) is 4.88. The van der Waals surface area contributed by atoms with Crippen LogP contribution in [0.15, 0.2) is 42.5 Å². The van der Waals surface area contributed by atoms with Gasteiger partial charge in [0.15, 0.2) is 12.4 Å². The van der Waals surface area contributed by atoms with E-state index in [9.17, 15) is 22.4 Å². The molecule has 3 aromatic rings. The van der Waals surface area contributed by atoms with Gasteiger partial charge in [0, 0.05) is 23.6 Å². The van der Waals surface area contributed by atoms with Crippen LogP contribution in [-0.2, 0) is 21.2 Å². The van der Waals surface area contributed by atoms with Crippen LogP contribution in [0, 0.1) is 12.7 Å². The molecule has 0 aliphatic carbocycles. The second kappa shape index (κ2) is 8.31. The number of pyridine rings is 1. The predicted molar refractivity (Wildman–Crippen MR) is 118 cm³/mol. The van der Waals surface area contributed by atoms with E-state index >= 15 is 0 Å². The maximum Gasteiger partial charge on any atom is 0.340 e. The van der Waals surface area contributed by atoms with E-state index in [0.717, 1.165) is 5.56 Å². The molecule has 0 saturated carbocycles. The normalized spacial score (nSPS) is 13.3. The van der Waals surface area contributed by atoms with Gasteiger partial charge in [-0.25, -0.2) is 17.6 Å². The summed E-state index contributed by atoms with van der Waals surface area (Å²) in [7, 11) is -3.37. The van der Waals surface area contributed by atoms with Crippen LogP contribution in [0.5, 0.6) is 0 Å². The van der Waals surface area contributed by atoms with Crippen molar-refractivity contribution in [1.29, 1.82) is 0 Å². The van der Waals surface area contributed by atoms with Crippen LogP contribution in [0.1, 0.15) is 38.9 Å². The summed E-state index contributed by atoms with van der Waals surface area (Å²) in [6.45, 7) is 3.08. The van der Waals surface area contributed by atoms with Crippen molar-refractivity contribution in [3.63, 3.8) is 0 Å². The van der Waals surface area contributed by atoms with Crippen molar-refractivity contribution in [2.75, 3.05) is 23.2 Å². The maximum absolute atomic E-state index is 13.4. The van der Waals surface area contributed by atoms with Gasteiger partial charge in [0.05, 0.1) is 28.2 Å². The lowest BCUT2D eigenvalue weighted by molar-refractivity contribution is 0.0473. The van der Waals surface area contributed by atoms with E-state index in [2.05, 4.69) is 4.98 Å². The molecular formula is C23H21FN2O5S. The second-order valence-electron chi connectivity index (χ2n) is 7.52. The van der Waals surface area contributed by atoms with Gasteiger partial charge >= 0.3 is 5.97 Å². The zero-order valence-corrected chi connectivity index (χ0v) is 18.4. The van der Waals surface area contributed by atoms with E-state index in [4.69, 9.17) is 4.74 Å². The average Bonchev–Trinajstić information content (AvgIpc) is 3.21. The van der Waals surface area contributed by atoms with Crippen molar-refractivity contribution in [3.8, 4) is 0 Å². The van der Waals surface area contributed by atoms with Gasteiger partial charge in [0.2, 0.25) is 10.0 Å². The molecule has 0 radical (unpaired) electrons. The summed E-state index contributed by atoms with van der Waals surface area (Å²) in [4.78, 5) is 29.3. The number of ketones is 1. The van der Waals surface area contributed by atoms with Crippen LogP contribution in [0.4, 0.5) is 10.1 Å². The Morgan fingerprint density at radius 3 is 2.69 bits per heavy atom. The number of aromatic nitrogens is 1. The van der Waals surface area contributed by atoms with Gasteiger partial charge < -0.3 is 4.74 Å². The third-order valence-corrected chi connectivity index (χ3v) is 7.26. The van der Waals surface area contributed by atoms with Gasteiger partial charge in [-0.2, -0.15) is 0 Å². The number of carbonyl (C=O) groups excluding carboxylic acids is 2. The smallest absolute Gasteiger partial charge is 0.340 e. The molecule has 32 heavy (non-hydrogen) atoms. The van der Waals surface area contributed by atoms with Gasteiger partial charge in [0.25, 0.3) is 0 Å². The van der Waals surface area contributed by atoms with Gasteiger partial charge in [-0.3, -0.25) is 14.1 Å². The number of fused-ring (bicyclic) bond motifs is 2. The lowest BCUT2D eigenvalue weighted by Crippen LogP contribution is -2.30. The number of esters is 1. The van der Waals surface area contributed by atoms with Crippen LogP contribution in [0.25, 0.3) is 10.9 Å². The van der Waals surface area contributed by atoms with Crippen molar-refractivity contribution in [1.82, 2.24) is 4.98 Å². The predicted octanol–water partition coefficient (Wildman–Crippen LogP) is 3.43. The summed E-state index contributed by atoms with van der Waals surface area (Å²) in [6, 6.07) is 10.4. The van der Waals surface area contributed by atoms with Gasteiger partial charge in [-0.15, -0.1) is 0 Å². The Hall–Kier alpha value is -3.33. The van der Waals surface area contributed by atoms with E-state index in [1.165, 1.54) is 28.6 Å². The van der Waals surface area contributed by atoms with Crippen molar-refractivity contribution in [3.05, 3.63) is 70.7 Å². The largest absolute Gasteiger partial charge is 0.454 e. The highest BCUT2D eigenvalue weighted by molar-refractivity contribution is 7.92. The summed E-state index contributed by atoms with van der Waals surface area (Å²) >= 11 is 0. The number of rotatable bonds is 6. The molecule has 0 atom stereocenters. The number of Topliss-reactive ketones (excluding diaryl/α,β-unsaturated/α-hetero) is 1. The molecule has 4 rings (SSSR count). The molecule has 2 heterocycles. The van der Waals surface area contributed by atoms with Crippen molar-refractivity contribution in [2.24, 2.45) is 0 Å². The summed E-state index contributed by atoms with van der Waals surface area (Å²) in [5.41, 5.74) is 2.68. The molecule has 1 aliphatic rings. The van der Waals surface area contributed by atoms with Crippen molar-refractivity contribution >= 4 is 38.4 Å². The minimum atomic E-state index is -3.37. The number of nitrogens with zero attached hydrogens (tertiary/aromatic N) is 2. The summed E-state index contributed by atoms with van der Waals surface area (Å²) < 4.78 is 44.3. The minimum Gasteiger partial charge on any atom is -0.454 e. The topological polar surface area (TPSA) is 93.6 Å². The highest BCUT2D eigenvalue weighted by Crippen LogP contribution is 2.31. The van der Waals surface area contributed by atoms with E-state index in [-0.39, 0.29) is 11.3 Å². The molecular weight excluding hydrogens is 435 g/mol. The molecule has 0 bridgehead atoms. The van der Waals surface area contributed by atoms with Gasteiger partial charge in [-0.05, 0) is 62.2 Å². The number of anilines is 1. The third kappa shape index (κ3) is 4.08. The van der Waals surface area contributed by atoms with Crippen LogP contribution in [-0.4, -0.2) is 44.1 Å². The van der Waals surface area contributed by atoms with Crippen LogP contribution in [0.2, 0.25) is 0 Å². The molecule has 1 aromatic heterocycles. The van der Waals surface area contributed by atoms with Crippen LogP contribution in [0.3, 0.4) is 0 Å². The fourth-order valence-electron chi connectivity index (χ4n) is 3.73. The molecule has 0 saturated heterocycles. The molecule has 0 amide bonds. The number of benzene rings is 2. The molecule has 166 valence electrons. The third-order valence-electron chi connectivity index (χ3n) is 5.48. The maximum atomic E-state index is 13.4. The van der Waals surface area contributed by atoms with E-state index in [0.29, 0.717) is 40.8 Å². The molecule has 0 N–H and O–H groups in total. The molecule has 0 unspecified atom stereocenters. The number of carbonyl (C=O) groups is 2. The SMILES string of the molecule is CCS(=O)(=O)N1CCc2cc(C(=O)COC(=O)c3cc4ccc(F)cc4nc3C)ccc21. The zero-order valence-electron chi connectivity index (χ0n) is 17.6. The number of hydrogen-bond acceptors (Lipinski definition) is 6. The first kappa shape index (κ1) is 21.9. The molecule has 1 aliphatic heterocycles. The Labute approximate surface area is 184 Å². The number of aryl methyl sites for hydroxylation is 1. The second-order valence-corrected chi connectivity index (χ2v) is 9.71. The van der Waals surface area contributed by atoms with Crippen molar-refractivity contribution in [2.45, 2.75) is 20.3 Å². The lowest BCUT2D eigenvalue weighted by atomic mass is 10.1. The highest BCUT2D eigenvalue weighted by Gasteiger charge is 2.28.